The average Bonchev–Trinajstić information content (AvgIpc) is 2.88. The molecule has 0 heterocycles. The number of rotatable bonds is 8. The molecule has 0 aliphatic rings. The van der Waals surface area contributed by atoms with Crippen molar-refractivity contribution in [1.82, 2.24) is 5.32 Å². The minimum absolute atomic E-state index is 0.138. The summed E-state index contributed by atoms with van der Waals surface area (Å²) in [5.41, 5.74) is 1.42. The van der Waals surface area contributed by atoms with Crippen molar-refractivity contribution in [3.8, 4) is 0 Å². The number of alkyl halides is 2. The summed E-state index contributed by atoms with van der Waals surface area (Å²) in [6, 6.07) is 29.9. The fraction of sp³-hybridized carbons (Fsp3) is 0.219. The molecule has 0 spiro atoms. The molecular weight excluding hydrogens is 545 g/mol. The van der Waals surface area contributed by atoms with Crippen molar-refractivity contribution in [3.05, 3.63) is 142 Å². The summed E-state index contributed by atoms with van der Waals surface area (Å²) in [6.45, 7) is 5.95. The van der Waals surface area contributed by atoms with Gasteiger partial charge in [-0.2, -0.15) is 8.78 Å². The van der Waals surface area contributed by atoms with Crippen molar-refractivity contribution in [2.45, 2.75) is 43.3 Å². The highest BCUT2D eigenvalue weighted by molar-refractivity contribution is 7.38. The second-order valence-electron chi connectivity index (χ2n) is 10.4. The lowest BCUT2D eigenvalue weighted by atomic mass is 9.76. The molecule has 4 aromatic rings. The molecule has 202 valence electrons. The highest BCUT2D eigenvalue weighted by atomic mass is 31.1. The topological polar surface area (TPSA) is 29.1 Å². The van der Waals surface area contributed by atoms with Gasteiger partial charge >= 0.3 is 0 Å². The third-order valence-electron chi connectivity index (χ3n) is 6.98. The Balaban J connectivity index is 2.01. The molecule has 4 aromatic carbocycles. The van der Waals surface area contributed by atoms with Crippen LogP contribution in [0.3, 0.4) is 0 Å². The van der Waals surface area contributed by atoms with E-state index < -0.39 is 11.2 Å². The number of hydrogen-bond acceptors (Lipinski definition) is 1. The standard InChI is InChI=1S/C32H34F2NOP3/c1-21-15-16-28(22(2)17-21)29(36)35-31(20-23-9-5-4-6-10-23,25-12-7-11-24(18-25)30(3,37)38)26-13-8-14-27(19-26)32(33,34)39/h4-19H,20,37-39H2,1-3H3,(H,35,36). The van der Waals surface area contributed by atoms with Gasteiger partial charge in [0, 0.05) is 22.4 Å². The number of aryl methyl sites for hydroxylation is 2. The Labute approximate surface area is 237 Å². The SMILES string of the molecule is Cc1ccc(C(=O)NC(Cc2ccccc2)(c2cccc(C(F)(F)P)c2)c2cccc(C(C)(P)P)c2)c(C)c1. The third kappa shape index (κ3) is 6.81. The summed E-state index contributed by atoms with van der Waals surface area (Å²) in [6.07, 6.45) is 0.365. The quantitative estimate of drug-likeness (QED) is 0.210. The van der Waals surface area contributed by atoms with Crippen molar-refractivity contribution in [1.29, 1.82) is 0 Å². The maximum Gasteiger partial charge on any atom is 0.283 e. The fourth-order valence-electron chi connectivity index (χ4n) is 4.90. The van der Waals surface area contributed by atoms with E-state index in [2.05, 4.69) is 36.8 Å². The van der Waals surface area contributed by atoms with Gasteiger partial charge in [0.25, 0.3) is 11.6 Å². The molecule has 4 rings (SSSR count). The Morgan fingerprint density at radius 2 is 1.31 bits per heavy atom. The van der Waals surface area contributed by atoms with Gasteiger partial charge in [-0.15, -0.1) is 18.5 Å². The molecule has 0 bridgehead atoms. The monoisotopic (exact) mass is 579 g/mol. The van der Waals surface area contributed by atoms with E-state index in [1.807, 2.05) is 86.6 Å². The summed E-state index contributed by atoms with van der Waals surface area (Å²) in [5.74, 6) is -0.267. The zero-order valence-corrected chi connectivity index (χ0v) is 25.8. The maximum absolute atomic E-state index is 14.6. The van der Waals surface area contributed by atoms with Crippen LogP contribution in [0.2, 0.25) is 0 Å². The van der Waals surface area contributed by atoms with E-state index in [0.717, 1.165) is 27.8 Å². The molecule has 0 fully saturated rings. The van der Waals surface area contributed by atoms with Crippen LogP contribution in [0.4, 0.5) is 8.78 Å². The lowest BCUT2D eigenvalue weighted by Gasteiger charge is -2.38. The van der Waals surface area contributed by atoms with Crippen molar-refractivity contribution in [2.75, 3.05) is 0 Å². The van der Waals surface area contributed by atoms with E-state index in [0.29, 0.717) is 17.5 Å². The predicted octanol–water partition coefficient (Wildman–Crippen LogP) is 8.07. The van der Waals surface area contributed by atoms with Gasteiger partial charge in [-0.05, 0) is 60.7 Å². The number of benzene rings is 4. The number of carbonyl (C=O) groups is 1. The zero-order valence-electron chi connectivity index (χ0n) is 22.3. The van der Waals surface area contributed by atoms with E-state index in [4.69, 9.17) is 0 Å². The second kappa shape index (κ2) is 11.5. The first kappa shape index (κ1) is 29.5. The average molecular weight is 580 g/mol. The summed E-state index contributed by atoms with van der Waals surface area (Å²) in [4.78, 5) is 13.7. The van der Waals surface area contributed by atoms with Gasteiger partial charge in [0.2, 0.25) is 0 Å². The van der Waals surface area contributed by atoms with Crippen molar-refractivity contribution < 1.29 is 13.6 Å². The first-order valence-electron chi connectivity index (χ1n) is 12.7. The predicted molar refractivity (Wildman–Crippen MR) is 168 cm³/mol. The first-order chi connectivity index (χ1) is 18.3. The molecule has 0 aliphatic heterocycles. The van der Waals surface area contributed by atoms with Gasteiger partial charge in [0.1, 0.15) is 0 Å². The van der Waals surface area contributed by atoms with Crippen LogP contribution < -0.4 is 5.32 Å². The van der Waals surface area contributed by atoms with Crippen LogP contribution in [0, 0.1) is 13.8 Å². The van der Waals surface area contributed by atoms with Crippen LogP contribution in [0.25, 0.3) is 0 Å². The normalized spacial score (nSPS) is 13.5. The molecule has 0 radical (unpaired) electrons. The van der Waals surface area contributed by atoms with E-state index in [1.54, 1.807) is 15.3 Å². The summed E-state index contributed by atoms with van der Waals surface area (Å²) in [7, 11) is 7.26. The van der Waals surface area contributed by atoms with Crippen molar-refractivity contribution >= 4 is 33.6 Å². The lowest BCUT2D eigenvalue weighted by molar-refractivity contribution is 0.0911. The van der Waals surface area contributed by atoms with E-state index in [9.17, 15) is 13.6 Å². The Morgan fingerprint density at radius 1 is 0.744 bits per heavy atom. The third-order valence-corrected chi connectivity index (χ3v) is 7.98. The van der Waals surface area contributed by atoms with Gasteiger partial charge < -0.3 is 5.32 Å². The molecule has 1 N–H and O–H groups in total. The van der Waals surface area contributed by atoms with E-state index >= 15 is 0 Å². The van der Waals surface area contributed by atoms with Crippen LogP contribution in [-0.4, -0.2) is 5.91 Å². The minimum Gasteiger partial charge on any atom is -0.338 e. The van der Waals surface area contributed by atoms with Gasteiger partial charge in [0.05, 0.1) is 5.54 Å². The number of carbonyl (C=O) groups excluding carboxylic acids is 1. The van der Waals surface area contributed by atoms with Crippen LogP contribution in [0.15, 0.2) is 97.1 Å². The lowest BCUT2D eigenvalue weighted by Crippen LogP contribution is -2.49. The zero-order chi connectivity index (χ0) is 28.4. The molecule has 1 amide bonds. The number of amides is 1. The molecule has 4 atom stereocenters. The Hall–Kier alpha value is -2.50. The molecule has 39 heavy (non-hydrogen) atoms. The molecular formula is C32H34F2NOP3. The van der Waals surface area contributed by atoms with E-state index in [1.165, 1.54) is 12.1 Å². The Kier molecular flexibility index (Phi) is 8.73. The van der Waals surface area contributed by atoms with Gasteiger partial charge in [-0.25, -0.2) is 0 Å². The molecule has 7 heteroatoms. The number of halogens is 2. The highest BCUT2D eigenvalue weighted by Gasteiger charge is 2.39. The second-order valence-corrected chi connectivity index (χ2v) is 14.2. The molecule has 0 aromatic heterocycles. The summed E-state index contributed by atoms with van der Waals surface area (Å²) < 4.78 is 29.1. The Morgan fingerprint density at radius 3 is 1.87 bits per heavy atom. The van der Waals surface area contributed by atoms with Crippen LogP contribution in [0.5, 0.6) is 0 Å². The molecule has 4 unspecified atom stereocenters. The largest absolute Gasteiger partial charge is 0.338 e. The fourth-order valence-corrected chi connectivity index (χ4v) is 5.44. The summed E-state index contributed by atoms with van der Waals surface area (Å²) in [5, 5.41) is 3.34. The van der Waals surface area contributed by atoms with Crippen LogP contribution >= 0.6 is 27.7 Å². The molecule has 2 nitrogen and oxygen atoms in total. The smallest absolute Gasteiger partial charge is 0.283 e. The van der Waals surface area contributed by atoms with Crippen LogP contribution in [-0.2, 0) is 22.5 Å². The summed E-state index contributed by atoms with van der Waals surface area (Å²) >= 11 is 0. The van der Waals surface area contributed by atoms with Gasteiger partial charge in [-0.1, -0.05) is 99.7 Å². The molecule has 0 saturated carbocycles. The highest BCUT2D eigenvalue weighted by Crippen LogP contribution is 2.43. The Bertz CT molecular complexity index is 1420. The molecule has 0 saturated heterocycles. The number of hydrogen-bond donors (Lipinski definition) is 1. The van der Waals surface area contributed by atoms with Gasteiger partial charge in [0.15, 0.2) is 0 Å². The van der Waals surface area contributed by atoms with Gasteiger partial charge in [-0.3, -0.25) is 4.79 Å². The maximum atomic E-state index is 14.6. The first-order valence-corrected chi connectivity index (χ1v) is 14.4. The van der Waals surface area contributed by atoms with Crippen molar-refractivity contribution in [2.24, 2.45) is 0 Å². The van der Waals surface area contributed by atoms with E-state index in [-0.39, 0.29) is 16.4 Å². The molecule has 0 aliphatic carbocycles. The van der Waals surface area contributed by atoms with Crippen molar-refractivity contribution in [3.63, 3.8) is 0 Å². The number of nitrogens with one attached hydrogen (secondary N) is 1. The van der Waals surface area contributed by atoms with Crippen LogP contribution in [0.1, 0.15) is 56.2 Å². The minimum atomic E-state index is -3.12.